The second-order valence-corrected chi connectivity index (χ2v) is 3.98. The van der Waals surface area contributed by atoms with Crippen molar-refractivity contribution in [3.05, 3.63) is 65.0 Å². The smallest absolute Gasteiger partial charge is 0.162 e. The first kappa shape index (κ1) is 13.4. The van der Waals surface area contributed by atoms with E-state index in [4.69, 9.17) is 10.5 Å². The summed E-state index contributed by atoms with van der Waals surface area (Å²) in [5.41, 5.74) is 6.84. The Balaban J connectivity index is 2.13. The number of benzene rings is 2. The lowest BCUT2D eigenvalue weighted by atomic mass is 10.1. The highest BCUT2D eigenvalue weighted by Crippen LogP contribution is 2.18. The second kappa shape index (κ2) is 5.75. The van der Waals surface area contributed by atoms with Crippen LogP contribution in [-0.2, 0) is 13.2 Å². The summed E-state index contributed by atoms with van der Waals surface area (Å²) in [6.07, 6.45) is 0. The first-order chi connectivity index (χ1) is 9.10. The predicted molar refractivity (Wildman–Crippen MR) is 65.0 cm³/mol. The Morgan fingerprint density at radius 1 is 0.895 bits per heavy atom. The summed E-state index contributed by atoms with van der Waals surface area (Å²) in [6, 6.07) is 7.40. The van der Waals surface area contributed by atoms with E-state index in [1.54, 1.807) is 6.07 Å². The van der Waals surface area contributed by atoms with E-state index in [9.17, 15) is 13.2 Å². The number of ether oxygens (including phenoxy) is 1. The summed E-state index contributed by atoms with van der Waals surface area (Å²) in [6.45, 7) is 0.284. The lowest BCUT2D eigenvalue weighted by Gasteiger charge is -2.10. The van der Waals surface area contributed by atoms with Gasteiger partial charge in [0.2, 0.25) is 0 Å². The van der Waals surface area contributed by atoms with Gasteiger partial charge in [0.05, 0.1) is 0 Å². The van der Waals surface area contributed by atoms with Crippen molar-refractivity contribution in [2.24, 2.45) is 5.73 Å². The number of nitrogens with two attached hydrogens (primary N) is 1. The van der Waals surface area contributed by atoms with Gasteiger partial charge in [-0.15, -0.1) is 0 Å². The fourth-order valence-electron chi connectivity index (χ4n) is 1.66. The van der Waals surface area contributed by atoms with Crippen LogP contribution < -0.4 is 10.5 Å². The van der Waals surface area contributed by atoms with Gasteiger partial charge in [-0.05, 0) is 35.4 Å². The van der Waals surface area contributed by atoms with E-state index in [-0.39, 0.29) is 18.9 Å². The van der Waals surface area contributed by atoms with Crippen LogP contribution in [0.2, 0.25) is 0 Å². The van der Waals surface area contributed by atoms with Gasteiger partial charge in [-0.2, -0.15) is 0 Å². The van der Waals surface area contributed by atoms with E-state index in [1.807, 2.05) is 0 Å². The highest BCUT2D eigenvalue weighted by Gasteiger charge is 2.06. The van der Waals surface area contributed by atoms with Crippen LogP contribution in [0.25, 0.3) is 0 Å². The summed E-state index contributed by atoms with van der Waals surface area (Å²) < 4.78 is 44.1. The molecule has 0 fully saturated rings. The normalized spacial score (nSPS) is 10.5. The highest BCUT2D eigenvalue weighted by atomic mass is 19.2. The molecule has 0 saturated heterocycles. The molecular weight excluding hydrogens is 255 g/mol. The zero-order valence-electron chi connectivity index (χ0n) is 10.00. The maximum Gasteiger partial charge on any atom is 0.162 e. The molecule has 0 bridgehead atoms. The Kier molecular flexibility index (Phi) is 4.06. The highest BCUT2D eigenvalue weighted by molar-refractivity contribution is 5.29. The van der Waals surface area contributed by atoms with E-state index in [0.29, 0.717) is 5.56 Å². The van der Waals surface area contributed by atoms with Crippen molar-refractivity contribution >= 4 is 0 Å². The van der Waals surface area contributed by atoms with Crippen molar-refractivity contribution in [2.75, 3.05) is 0 Å². The van der Waals surface area contributed by atoms with Gasteiger partial charge in [-0.3, -0.25) is 0 Å². The molecule has 0 aliphatic heterocycles. The molecule has 2 nitrogen and oxygen atoms in total. The Bertz CT molecular complexity index is 587. The Morgan fingerprint density at radius 3 is 2.37 bits per heavy atom. The second-order valence-electron chi connectivity index (χ2n) is 3.98. The van der Waals surface area contributed by atoms with E-state index < -0.39 is 17.5 Å². The van der Waals surface area contributed by atoms with Crippen molar-refractivity contribution in [2.45, 2.75) is 13.2 Å². The van der Waals surface area contributed by atoms with Crippen LogP contribution in [0.1, 0.15) is 11.1 Å². The molecule has 0 amide bonds. The maximum absolute atomic E-state index is 13.1. The van der Waals surface area contributed by atoms with E-state index in [0.717, 1.165) is 17.7 Å². The summed E-state index contributed by atoms with van der Waals surface area (Å²) in [5.74, 6) is -2.16. The molecule has 0 atom stereocenters. The minimum absolute atomic E-state index is 0.0371. The minimum atomic E-state index is -0.990. The third-order valence-corrected chi connectivity index (χ3v) is 2.67. The van der Waals surface area contributed by atoms with Crippen molar-refractivity contribution < 1.29 is 17.9 Å². The first-order valence-corrected chi connectivity index (χ1v) is 5.65. The first-order valence-electron chi connectivity index (χ1n) is 5.65. The molecule has 0 radical (unpaired) electrons. The van der Waals surface area contributed by atoms with Gasteiger partial charge < -0.3 is 10.5 Å². The van der Waals surface area contributed by atoms with Gasteiger partial charge in [0.1, 0.15) is 18.2 Å². The largest absolute Gasteiger partial charge is 0.489 e. The molecular formula is C14H12F3NO. The molecule has 2 rings (SSSR count). The Morgan fingerprint density at radius 2 is 1.68 bits per heavy atom. The van der Waals surface area contributed by atoms with Crippen molar-refractivity contribution in [3.63, 3.8) is 0 Å². The van der Waals surface area contributed by atoms with Crippen LogP contribution >= 0.6 is 0 Å². The molecule has 5 heteroatoms. The molecule has 0 aliphatic rings. The van der Waals surface area contributed by atoms with E-state index in [2.05, 4.69) is 0 Å². The summed E-state index contributed by atoms with van der Waals surface area (Å²) in [4.78, 5) is 0. The Labute approximate surface area is 108 Å². The van der Waals surface area contributed by atoms with Gasteiger partial charge in [0, 0.05) is 12.6 Å². The third-order valence-electron chi connectivity index (χ3n) is 2.67. The molecule has 0 aromatic heterocycles. The molecule has 0 aliphatic carbocycles. The maximum atomic E-state index is 13.1. The number of hydrogen-bond donors (Lipinski definition) is 1. The summed E-state index contributed by atoms with van der Waals surface area (Å²) >= 11 is 0. The molecule has 2 N–H and O–H groups in total. The monoisotopic (exact) mass is 267 g/mol. The van der Waals surface area contributed by atoms with Crippen LogP contribution in [0.5, 0.6) is 5.75 Å². The fourth-order valence-corrected chi connectivity index (χ4v) is 1.66. The van der Waals surface area contributed by atoms with Crippen molar-refractivity contribution in [1.29, 1.82) is 0 Å². The van der Waals surface area contributed by atoms with Crippen LogP contribution in [0.15, 0.2) is 36.4 Å². The SMILES string of the molecule is NCc1ccc(F)cc1COc1ccc(F)c(F)c1. The summed E-state index contributed by atoms with van der Waals surface area (Å²) in [7, 11) is 0. The van der Waals surface area contributed by atoms with Crippen LogP contribution in [0, 0.1) is 17.5 Å². The lowest BCUT2D eigenvalue weighted by Crippen LogP contribution is -2.05. The Hall–Kier alpha value is -2.01. The average molecular weight is 267 g/mol. The minimum Gasteiger partial charge on any atom is -0.489 e. The number of halogens is 3. The zero-order chi connectivity index (χ0) is 13.8. The average Bonchev–Trinajstić information content (AvgIpc) is 2.40. The molecule has 0 unspecified atom stereocenters. The third kappa shape index (κ3) is 3.26. The quantitative estimate of drug-likeness (QED) is 0.923. The van der Waals surface area contributed by atoms with Gasteiger partial charge in [0.15, 0.2) is 11.6 Å². The fraction of sp³-hybridized carbons (Fsp3) is 0.143. The molecule has 2 aromatic rings. The van der Waals surface area contributed by atoms with Gasteiger partial charge in [-0.25, -0.2) is 13.2 Å². The molecule has 2 aromatic carbocycles. The van der Waals surface area contributed by atoms with Crippen molar-refractivity contribution in [3.8, 4) is 5.75 Å². The van der Waals surface area contributed by atoms with E-state index >= 15 is 0 Å². The van der Waals surface area contributed by atoms with Crippen LogP contribution in [-0.4, -0.2) is 0 Å². The van der Waals surface area contributed by atoms with Crippen LogP contribution in [0.3, 0.4) is 0 Å². The van der Waals surface area contributed by atoms with Crippen LogP contribution in [0.4, 0.5) is 13.2 Å². The molecule has 0 heterocycles. The predicted octanol–water partition coefficient (Wildman–Crippen LogP) is 3.14. The zero-order valence-corrected chi connectivity index (χ0v) is 10.00. The molecule has 19 heavy (non-hydrogen) atoms. The van der Waals surface area contributed by atoms with Gasteiger partial charge in [-0.1, -0.05) is 6.07 Å². The van der Waals surface area contributed by atoms with Crippen molar-refractivity contribution in [1.82, 2.24) is 0 Å². The van der Waals surface area contributed by atoms with Gasteiger partial charge >= 0.3 is 0 Å². The molecule has 0 spiro atoms. The standard InChI is InChI=1S/C14H12F3NO/c15-11-2-1-9(7-18)10(5-11)8-19-12-3-4-13(16)14(17)6-12/h1-6H,7-8,18H2. The topological polar surface area (TPSA) is 35.2 Å². The number of hydrogen-bond acceptors (Lipinski definition) is 2. The molecule has 0 saturated carbocycles. The summed E-state index contributed by atoms with van der Waals surface area (Å²) in [5, 5.41) is 0. The van der Waals surface area contributed by atoms with Gasteiger partial charge in [0.25, 0.3) is 0 Å². The lowest BCUT2D eigenvalue weighted by molar-refractivity contribution is 0.301. The molecule has 100 valence electrons. The van der Waals surface area contributed by atoms with E-state index in [1.165, 1.54) is 18.2 Å². The number of rotatable bonds is 4.